The molecule has 0 bridgehead atoms. The Bertz CT molecular complexity index is 335. The summed E-state index contributed by atoms with van der Waals surface area (Å²) in [6, 6.07) is 9.17. The van der Waals surface area contributed by atoms with Crippen molar-refractivity contribution in [1.29, 1.82) is 0 Å². The first-order valence-electron chi connectivity index (χ1n) is 4.01. The van der Waals surface area contributed by atoms with Gasteiger partial charge in [-0.3, -0.25) is 15.8 Å². The molecule has 0 heterocycles. The minimum absolute atomic E-state index is 0.131. The van der Waals surface area contributed by atoms with E-state index in [-0.39, 0.29) is 5.84 Å². The van der Waals surface area contributed by atoms with Crippen LogP contribution < -0.4 is 10.9 Å². The van der Waals surface area contributed by atoms with Crippen LogP contribution in [0.25, 0.3) is 0 Å². The minimum Gasteiger partial charge on any atom is -0.475 e. The molecule has 1 aromatic carbocycles. The lowest BCUT2D eigenvalue weighted by atomic mass is 10.3. The molecule has 0 aliphatic heterocycles. The molecule has 0 aliphatic rings. The number of nitrogens with zero attached hydrogens (tertiary/aromatic N) is 1. The number of carboxylic acid groups (broad SMARTS) is 1. The Labute approximate surface area is 81.4 Å². The van der Waals surface area contributed by atoms with E-state index in [9.17, 15) is 4.79 Å². The van der Waals surface area contributed by atoms with Crippen LogP contribution in [0.15, 0.2) is 35.3 Å². The zero-order valence-electron chi connectivity index (χ0n) is 7.69. The van der Waals surface area contributed by atoms with E-state index in [0.717, 1.165) is 5.69 Å². The van der Waals surface area contributed by atoms with E-state index in [1.807, 2.05) is 30.3 Å². The number of aliphatic carboxylic acids is 1. The first-order valence-corrected chi connectivity index (χ1v) is 4.01. The van der Waals surface area contributed by atoms with E-state index in [2.05, 4.69) is 15.8 Å². The second-order valence-corrected chi connectivity index (χ2v) is 2.49. The molecule has 0 atom stereocenters. The molecule has 0 amide bonds. The third-order valence-electron chi connectivity index (χ3n) is 1.53. The van der Waals surface area contributed by atoms with Crippen LogP contribution >= 0.6 is 0 Å². The number of aliphatic imine (C=N–C) groups is 1. The third kappa shape index (κ3) is 2.78. The fraction of sp³-hybridized carbons (Fsp3) is 0.111. The molecule has 0 radical (unpaired) electrons. The molecule has 14 heavy (non-hydrogen) atoms. The largest absolute Gasteiger partial charge is 0.475 e. The van der Waals surface area contributed by atoms with Crippen molar-refractivity contribution in [2.45, 2.75) is 0 Å². The highest BCUT2D eigenvalue weighted by molar-refractivity contribution is 6.34. The maximum Gasteiger partial charge on any atom is 0.372 e. The zero-order valence-corrected chi connectivity index (χ0v) is 7.69. The molecule has 1 rings (SSSR count). The predicted octanol–water partition coefficient (Wildman–Crippen LogP) is 0.716. The second-order valence-electron chi connectivity index (χ2n) is 2.49. The van der Waals surface area contributed by atoms with Gasteiger partial charge in [0.2, 0.25) is 5.84 Å². The van der Waals surface area contributed by atoms with Gasteiger partial charge in [-0.05, 0) is 12.1 Å². The van der Waals surface area contributed by atoms with Crippen LogP contribution in [0.5, 0.6) is 0 Å². The van der Waals surface area contributed by atoms with Gasteiger partial charge in [0.25, 0.3) is 0 Å². The van der Waals surface area contributed by atoms with Crippen LogP contribution in [0.2, 0.25) is 0 Å². The van der Waals surface area contributed by atoms with Gasteiger partial charge >= 0.3 is 5.97 Å². The summed E-state index contributed by atoms with van der Waals surface area (Å²) in [5, 5.41) is 8.62. The summed E-state index contributed by atoms with van der Waals surface area (Å²) in [6.07, 6.45) is 0. The maximum absolute atomic E-state index is 10.5. The quantitative estimate of drug-likeness (QED) is 0.367. The number of para-hydroxylation sites is 1. The summed E-state index contributed by atoms with van der Waals surface area (Å²) in [6.45, 7) is 0. The maximum atomic E-state index is 10.5. The van der Waals surface area contributed by atoms with Crippen molar-refractivity contribution in [2.24, 2.45) is 4.99 Å². The van der Waals surface area contributed by atoms with Gasteiger partial charge in [0, 0.05) is 7.05 Å². The minimum atomic E-state index is -1.10. The van der Waals surface area contributed by atoms with Crippen molar-refractivity contribution < 1.29 is 9.90 Å². The molecule has 0 aliphatic carbocycles. The Morgan fingerprint density at radius 2 is 2.00 bits per heavy atom. The average Bonchev–Trinajstić information content (AvgIpc) is 2.20. The summed E-state index contributed by atoms with van der Waals surface area (Å²) < 4.78 is 0. The number of anilines is 1. The van der Waals surface area contributed by atoms with Gasteiger partial charge in [-0.1, -0.05) is 18.2 Å². The molecule has 74 valence electrons. The van der Waals surface area contributed by atoms with Crippen molar-refractivity contribution in [3.63, 3.8) is 0 Å². The first-order chi connectivity index (χ1) is 6.74. The molecule has 0 aromatic heterocycles. The van der Waals surface area contributed by atoms with Crippen molar-refractivity contribution in [3.8, 4) is 0 Å². The van der Waals surface area contributed by atoms with Crippen LogP contribution in [0.3, 0.4) is 0 Å². The molecule has 0 fully saturated rings. The number of nitrogens with one attached hydrogen (secondary N) is 2. The Morgan fingerprint density at radius 1 is 1.36 bits per heavy atom. The molecule has 5 nitrogen and oxygen atoms in total. The van der Waals surface area contributed by atoms with Gasteiger partial charge in [0.15, 0.2) is 0 Å². The smallest absolute Gasteiger partial charge is 0.372 e. The van der Waals surface area contributed by atoms with Crippen LogP contribution in [-0.4, -0.2) is 24.0 Å². The molecule has 1 aromatic rings. The number of carbonyl (C=O) groups is 1. The lowest BCUT2D eigenvalue weighted by Gasteiger charge is -2.07. The fourth-order valence-corrected chi connectivity index (χ4v) is 0.858. The number of rotatable bonds is 2. The lowest BCUT2D eigenvalue weighted by molar-refractivity contribution is -0.129. The number of amidine groups is 1. The van der Waals surface area contributed by atoms with E-state index in [4.69, 9.17) is 5.11 Å². The van der Waals surface area contributed by atoms with E-state index in [1.54, 1.807) is 0 Å². The summed E-state index contributed by atoms with van der Waals surface area (Å²) in [5.41, 5.74) is 5.97. The van der Waals surface area contributed by atoms with Crippen molar-refractivity contribution in [2.75, 3.05) is 12.5 Å². The van der Waals surface area contributed by atoms with Crippen molar-refractivity contribution in [1.82, 2.24) is 5.43 Å². The topological polar surface area (TPSA) is 73.7 Å². The Balaban J connectivity index is 2.53. The summed E-state index contributed by atoms with van der Waals surface area (Å²) in [5.74, 6) is -1.23. The van der Waals surface area contributed by atoms with E-state index < -0.39 is 5.97 Å². The predicted molar refractivity (Wildman–Crippen MR) is 54.2 cm³/mol. The molecule has 0 saturated heterocycles. The lowest BCUT2D eigenvalue weighted by Crippen LogP contribution is -2.35. The van der Waals surface area contributed by atoms with Crippen LogP contribution in [0, 0.1) is 0 Å². The number of benzene rings is 1. The average molecular weight is 193 g/mol. The summed E-state index contributed by atoms with van der Waals surface area (Å²) in [7, 11) is 1.41. The number of hydrogen-bond donors (Lipinski definition) is 3. The van der Waals surface area contributed by atoms with E-state index in [1.165, 1.54) is 7.05 Å². The molecular formula is C9H11N3O2. The highest BCUT2D eigenvalue weighted by atomic mass is 16.4. The van der Waals surface area contributed by atoms with E-state index in [0.29, 0.717) is 0 Å². The molecule has 5 heteroatoms. The van der Waals surface area contributed by atoms with Gasteiger partial charge in [-0.25, -0.2) is 4.79 Å². The molecule has 3 N–H and O–H groups in total. The van der Waals surface area contributed by atoms with Gasteiger partial charge in [0.1, 0.15) is 0 Å². The van der Waals surface area contributed by atoms with Crippen molar-refractivity contribution >= 4 is 17.5 Å². The van der Waals surface area contributed by atoms with Gasteiger partial charge in [-0.15, -0.1) is 0 Å². The number of hydrazine groups is 1. The third-order valence-corrected chi connectivity index (χ3v) is 1.53. The number of hydrogen-bond acceptors (Lipinski definition) is 3. The van der Waals surface area contributed by atoms with Crippen molar-refractivity contribution in [3.05, 3.63) is 30.3 Å². The Kier molecular flexibility index (Phi) is 3.49. The number of carboxylic acids is 1. The van der Waals surface area contributed by atoms with Gasteiger partial charge in [0.05, 0.1) is 5.69 Å². The summed E-state index contributed by atoms with van der Waals surface area (Å²) in [4.78, 5) is 14.1. The molecule has 0 spiro atoms. The normalized spacial score (nSPS) is 10.8. The SMILES string of the molecule is CN=C(NNc1ccccc1)C(=O)O. The van der Waals surface area contributed by atoms with Gasteiger partial charge in [-0.2, -0.15) is 0 Å². The van der Waals surface area contributed by atoms with Gasteiger partial charge < -0.3 is 5.11 Å². The molecular weight excluding hydrogens is 182 g/mol. The van der Waals surface area contributed by atoms with Crippen LogP contribution in [-0.2, 0) is 4.79 Å². The Morgan fingerprint density at radius 3 is 2.50 bits per heavy atom. The van der Waals surface area contributed by atoms with E-state index >= 15 is 0 Å². The monoisotopic (exact) mass is 193 g/mol. The second kappa shape index (κ2) is 4.86. The Hall–Kier alpha value is -2.04. The first kappa shape index (κ1) is 10.0. The van der Waals surface area contributed by atoms with Crippen LogP contribution in [0.4, 0.5) is 5.69 Å². The highest BCUT2D eigenvalue weighted by Crippen LogP contribution is 2.02. The molecule has 0 saturated carbocycles. The summed E-state index contributed by atoms with van der Waals surface area (Å²) >= 11 is 0. The standard InChI is InChI=1S/C9H11N3O2/c1-10-8(9(13)14)12-11-7-5-3-2-4-6-7/h2-6,11H,1H3,(H,10,12)(H,13,14). The highest BCUT2D eigenvalue weighted by Gasteiger charge is 2.05. The molecule has 0 unspecified atom stereocenters. The zero-order chi connectivity index (χ0) is 10.4. The van der Waals surface area contributed by atoms with Crippen LogP contribution in [0.1, 0.15) is 0 Å². The fourth-order valence-electron chi connectivity index (χ4n) is 0.858.